The summed E-state index contributed by atoms with van der Waals surface area (Å²) in [6.45, 7) is 3.35. The van der Waals surface area contributed by atoms with Crippen molar-refractivity contribution >= 4 is 23.8 Å². The Kier molecular flexibility index (Phi) is 42.6. The van der Waals surface area contributed by atoms with E-state index in [1.165, 1.54) is 57.8 Å². The fraction of sp³-hybridized carbons (Fsp3) is 0.654. The topological polar surface area (TPSA) is 142 Å². The van der Waals surface area contributed by atoms with Crippen LogP contribution in [-0.4, -0.2) is 59.3 Å². The van der Waals surface area contributed by atoms with E-state index in [9.17, 15) is 19.2 Å². The van der Waals surface area contributed by atoms with Gasteiger partial charge in [-0.15, -0.1) is 0 Å². The summed E-state index contributed by atoms with van der Waals surface area (Å²) in [5.74, 6) is -2.36. The first-order valence-corrected chi connectivity index (χ1v) is 24.0. The van der Waals surface area contributed by atoms with Crippen LogP contribution in [0, 0.1) is 0 Å². The molecule has 0 aliphatic heterocycles. The van der Waals surface area contributed by atoms with Gasteiger partial charge in [0.05, 0.1) is 13.2 Å². The van der Waals surface area contributed by atoms with E-state index in [1.807, 2.05) is 0 Å². The quantitative estimate of drug-likeness (QED) is 0.0272. The number of carboxylic acids is 1. The Labute approximate surface area is 371 Å². The molecular weight excluding hydrogens is 765 g/mol. The number of carbonyl (C=O) groups excluding carboxylic acids is 3. The molecule has 2 amide bonds. The molecule has 0 fully saturated rings. The first-order valence-electron chi connectivity index (χ1n) is 24.0. The van der Waals surface area contributed by atoms with E-state index in [0.717, 1.165) is 103 Å². The van der Waals surface area contributed by atoms with Crippen molar-refractivity contribution in [2.45, 2.75) is 206 Å². The summed E-state index contributed by atoms with van der Waals surface area (Å²) in [6, 6.07) is -1.39. The number of hydrogen-bond donors (Lipinski definition) is 4. The van der Waals surface area contributed by atoms with Gasteiger partial charge in [0, 0.05) is 12.8 Å². The number of aliphatic hydroxyl groups is 1. The minimum absolute atomic E-state index is 0.0475. The van der Waals surface area contributed by atoms with Gasteiger partial charge in [0.25, 0.3) is 0 Å². The van der Waals surface area contributed by atoms with Crippen LogP contribution in [0.2, 0.25) is 0 Å². The molecule has 9 nitrogen and oxygen atoms in total. The van der Waals surface area contributed by atoms with Crippen LogP contribution in [0.1, 0.15) is 194 Å². The maximum absolute atomic E-state index is 12.8. The molecule has 0 radical (unpaired) electrons. The molecule has 4 N–H and O–H groups in total. The number of carbonyl (C=O) groups is 4. The van der Waals surface area contributed by atoms with Gasteiger partial charge in [-0.05, 0) is 89.9 Å². The van der Waals surface area contributed by atoms with Gasteiger partial charge in [0.15, 0.2) is 0 Å². The number of aliphatic carboxylic acids is 1. The average molecular weight is 851 g/mol. The summed E-state index contributed by atoms with van der Waals surface area (Å²) in [5, 5.41) is 22.6. The molecule has 0 bridgehead atoms. The van der Waals surface area contributed by atoms with Crippen LogP contribution in [0.15, 0.2) is 85.1 Å². The minimum atomic E-state index is -1.39. The fourth-order valence-electron chi connectivity index (χ4n) is 6.53. The number of carboxylic acid groups (broad SMARTS) is 1. The maximum Gasteiger partial charge on any atom is 0.328 e. The molecule has 0 aromatic carbocycles. The van der Waals surface area contributed by atoms with Crippen LogP contribution in [-0.2, 0) is 23.9 Å². The van der Waals surface area contributed by atoms with Crippen LogP contribution < -0.4 is 10.6 Å². The predicted octanol–water partition coefficient (Wildman–Crippen LogP) is 12.4. The highest BCUT2D eigenvalue weighted by Gasteiger charge is 2.19. The highest BCUT2D eigenvalue weighted by molar-refractivity contribution is 5.87. The molecule has 0 aromatic rings. The second-order valence-corrected chi connectivity index (χ2v) is 15.8. The summed E-state index contributed by atoms with van der Waals surface area (Å²) in [7, 11) is 0. The van der Waals surface area contributed by atoms with E-state index in [-0.39, 0.29) is 30.9 Å². The number of ether oxygens (including phenoxy) is 1. The summed E-state index contributed by atoms with van der Waals surface area (Å²) in [5.41, 5.74) is 0. The van der Waals surface area contributed by atoms with Crippen molar-refractivity contribution in [2.75, 3.05) is 13.2 Å². The lowest BCUT2D eigenvalue weighted by atomic mass is 10.0. The molecule has 0 rings (SSSR count). The highest BCUT2D eigenvalue weighted by Crippen LogP contribution is 2.18. The van der Waals surface area contributed by atoms with Crippen LogP contribution in [0.4, 0.5) is 0 Å². The largest absolute Gasteiger partial charge is 0.480 e. The molecule has 2 atom stereocenters. The zero-order valence-electron chi connectivity index (χ0n) is 38.4. The van der Waals surface area contributed by atoms with E-state index >= 15 is 0 Å². The van der Waals surface area contributed by atoms with Gasteiger partial charge in [0.2, 0.25) is 11.8 Å². The van der Waals surface area contributed by atoms with E-state index in [0.29, 0.717) is 12.8 Å². The zero-order valence-corrected chi connectivity index (χ0v) is 38.4. The summed E-state index contributed by atoms with van der Waals surface area (Å²) >= 11 is 0. The first-order chi connectivity index (χ1) is 29.8. The Balaban J connectivity index is 4.35. The summed E-state index contributed by atoms with van der Waals surface area (Å²) in [6.07, 6.45) is 59.0. The third-order valence-electron chi connectivity index (χ3n) is 10.2. The van der Waals surface area contributed by atoms with Gasteiger partial charge in [0.1, 0.15) is 12.1 Å². The lowest BCUT2D eigenvalue weighted by Crippen LogP contribution is -2.47. The minimum Gasteiger partial charge on any atom is -0.480 e. The van der Waals surface area contributed by atoms with Crippen LogP contribution in [0.3, 0.4) is 0 Å². The molecule has 0 aromatic heterocycles. The number of hydrogen-bond acceptors (Lipinski definition) is 6. The smallest absolute Gasteiger partial charge is 0.328 e. The molecule has 0 spiro atoms. The highest BCUT2D eigenvalue weighted by atomic mass is 16.5. The summed E-state index contributed by atoms with van der Waals surface area (Å²) in [4.78, 5) is 47.6. The fourth-order valence-corrected chi connectivity index (χ4v) is 6.53. The van der Waals surface area contributed by atoms with E-state index in [4.69, 9.17) is 14.9 Å². The van der Waals surface area contributed by atoms with Gasteiger partial charge in [-0.3, -0.25) is 14.4 Å². The number of unbranched alkanes of at least 4 members (excludes halogenated alkanes) is 14. The lowest BCUT2D eigenvalue weighted by Gasteiger charge is -2.18. The van der Waals surface area contributed by atoms with Crippen LogP contribution in [0.25, 0.3) is 0 Å². The van der Waals surface area contributed by atoms with Crippen molar-refractivity contribution in [2.24, 2.45) is 0 Å². The van der Waals surface area contributed by atoms with E-state index in [2.05, 4.69) is 110 Å². The number of allylic oxidation sites excluding steroid dienone is 14. The monoisotopic (exact) mass is 851 g/mol. The molecule has 0 saturated heterocycles. The molecule has 346 valence electrons. The van der Waals surface area contributed by atoms with E-state index in [1.54, 1.807) is 0 Å². The van der Waals surface area contributed by atoms with Crippen molar-refractivity contribution in [3.63, 3.8) is 0 Å². The van der Waals surface area contributed by atoms with Gasteiger partial charge in [-0.1, -0.05) is 176 Å². The normalized spacial score (nSPS) is 13.2. The predicted molar refractivity (Wildman–Crippen MR) is 254 cm³/mol. The molecule has 0 aliphatic rings. The molecule has 0 aliphatic carbocycles. The third kappa shape index (κ3) is 42.5. The SMILES string of the molecule is CC/C=C\C/C=C\C/C=C\C/C=C\C/C=C\C/C=C\C/C=C\CCCC(=O)OC(CCCCCCCCCCCC)CCCCCCCC(=O)NCC(=O)NC(CO)C(=O)O. The molecule has 2 unspecified atom stereocenters. The number of nitrogens with one attached hydrogen (secondary N) is 2. The van der Waals surface area contributed by atoms with Crippen molar-refractivity contribution in [1.29, 1.82) is 0 Å². The lowest BCUT2D eigenvalue weighted by molar-refractivity contribution is -0.150. The van der Waals surface area contributed by atoms with Crippen LogP contribution in [0.5, 0.6) is 0 Å². The number of rotatable bonds is 42. The van der Waals surface area contributed by atoms with Crippen molar-refractivity contribution in [1.82, 2.24) is 10.6 Å². The average Bonchev–Trinajstić information content (AvgIpc) is 3.25. The molecule has 0 saturated carbocycles. The Morgan fingerprint density at radius 2 is 0.934 bits per heavy atom. The molecule has 0 heterocycles. The zero-order chi connectivity index (χ0) is 44.7. The molecule has 61 heavy (non-hydrogen) atoms. The van der Waals surface area contributed by atoms with E-state index < -0.39 is 24.5 Å². The van der Waals surface area contributed by atoms with Crippen molar-refractivity contribution < 1.29 is 34.1 Å². The Hall–Kier alpha value is -3.98. The maximum atomic E-state index is 12.8. The van der Waals surface area contributed by atoms with Gasteiger partial charge in [-0.25, -0.2) is 4.79 Å². The Morgan fingerprint density at radius 1 is 0.508 bits per heavy atom. The third-order valence-corrected chi connectivity index (χ3v) is 10.2. The van der Waals surface area contributed by atoms with Crippen molar-refractivity contribution in [3.8, 4) is 0 Å². The molecule has 9 heteroatoms. The number of amides is 2. The van der Waals surface area contributed by atoms with Gasteiger partial charge >= 0.3 is 11.9 Å². The Morgan fingerprint density at radius 3 is 1.38 bits per heavy atom. The second-order valence-electron chi connectivity index (χ2n) is 15.8. The van der Waals surface area contributed by atoms with Gasteiger partial charge < -0.3 is 25.6 Å². The van der Waals surface area contributed by atoms with Crippen molar-refractivity contribution in [3.05, 3.63) is 85.1 Å². The molecular formula is C52H86N2O7. The first kappa shape index (κ1) is 57.0. The Bertz CT molecular complexity index is 1300. The standard InChI is InChI=1S/C52H86N2O7/c1-3-5-7-9-11-13-15-16-17-18-19-20-21-22-23-24-25-26-27-29-31-36-40-44-51(58)61-47(41-37-33-30-28-14-12-10-8-6-4-2)42-38-34-32-35-39-43-49(56)53-45-50(57)54-48(46-55)52(59)60/h5,7,11,13,16-17,19-20,22-23,25-26,29,31,47-48,55H,3-4,6,8-10,12,14-15,18,21,24,27-28,30,32-46H2,1-2H3,(H,53,56)(H,54,57)(H,59,60)/b7-5-,13-11-,17-16-,20-19-,23-22-,26-25-,31-29-. The summed E-state index contributed by atoms with van der Waals surface area (Å²) < 4.78 is 6.01. The second kappa shape index (κ2) is 45.5. The van der Waals surface area contributed by atoms with Crippen LogP contribution >= 0.6 is 0 Å². The number of esters is 1. The van der Waals surface area contributed by atoms with Gasteiger partial charge in [-0.2, -0.15) is 0 Å². The number of aliphatic hydroxyl groups excluding tert-OH is 1.